The third-order valence-electron chi connectivity index (χ3n) is 2.48. The molecule has 0 aromatic carbocycles. The second-order valence-electron chi connectivity index (χ2n) is 5.00. The van der Waals surface area contributed by atoms with Gasteiger partial charge in [0.25, 0.3) is 0 Å². The van der Waals surface area contributed by atoms with Gasteiger partial charge in [-0.2, -0.15) is 11.8 Å². The Kier molecular flexibility index (Phi) is 6.88. The summed E-state index contributed by atoms with van der Waals surface area (Å²) in [6.07, 6.45) is 3.91. The molecular weight excluding hydrogens is 190 g/mol. The van der Waals surface area contributed by atoms with Crippen molar-refractivity contribution in [3.05, 3.63) is 0 Å². The molecule has 0 heterocycles. The van der Waals surface area contributed by atoms with Crippen LogP contribution < -0.4 is 0 Å². The fraction of sp³-hybridized carbons (Fsp3) is 1.00. The lowest BCUT2D eigenvalue weighted by Gasteiger charge is -2.27. The van der Waals surface area contributed by atoms with Gasteiger partial charge >= 0.3 is 0 Å². The highest BCUT2D eigenvalue weighted by Gasteiger charge is 2.20. The van der Waals surface area contributed by atoms with Crippen LogP contribution in [0.2, 0.25) is 0 Å². The van der Waals surface area contributed by atoms with E-state index < -0.39 is 0 Å². The maximum Gasteiger partial charge on any atom is 0.0106 e. The number of thioether (sulfide) groups is 1. The summed E-state index contributed by atoms with van der Waals surface area (Å²) in [4.78, 5) is 2.27. The molecule has 0 bridgehead atoms. The van der Waals surface area contributed by atoms with Gasteiger partial charge in [0.1, 0.15) is 0 Å². The van der Waals surface area contributed by atoms with E-state index in [1.165, 1.54) is 25.8 Å². The fourth-order valence-electron chi connectivity index (χ4n) is 1.51. The van der Waals surface area contributed by atoms with E-state index in [1.54, 1.807) is 0 Å². The lowest BCUT2D eigenvalue weighted by Crippen LogP contribution is -2.21. The molecule has 0 N–H and O–H groups in total. The van der Waals surface area contributed by atoms with Gasteiger partial charge < -0.3 is 4.90 Å². The summed E-state index contributed by atoms with van der Waals surface area (Å²) < 4.78 is 0.450. The zero-order valence-corrected chi connectivity index (χ0v) is 11.6. The maximum atomic E-state index is 2.37. The number of hydrogen-bond acceptors (Lipinski definition) is 2. The molecule has 0 fully saturated rings. The monoisotopic (exact) mass is 217 g/mol. The molecule has 1 nitrogen and oxygen atoms in total. The number of nitrogens with zero attached hydrogens (tertiary/aromatic N) is 1. The standard InChI is InChI=1S/C12H27NS/c1-7-11(2)14-12(3,4)9-8-10-13(5)6/h11H,7-10H2,1-6H3. The van der Waals surface area contributed by atoms with Gasteiger partial charge in [0, 0.05) is 10.00 Å². The molecule has 0 rings (SSSR count). The molecule has 0 aliphatic heterocycles. The Morgan fingerprint density at radius 2 is 1.86 bits per heavy atom. The van der Waals surface area contributed by atoms with Crippen LogP contribution in [-0.4, -0.2) is 35.5 Å². The Labute approximate surface area is 94.6 Å². The van der Waals surface area contributed by atoms with Crippen LogP contribution in [0.4, 0.5) is 0 Å². The topological polar surface area (TPSA) is 3.24 Å². The normalized spacial score (nSPS) is 14.8. The van der Waals surface area contributed by atoms with Gasteiger partial charge in [-0.1, -0.05) is 27.7 Å². The van der Waals surface area contributed by atoms with Crippen molar-refractivity contribution in [3.63, 3.8) is 0 Å². The van der Waals surface area contributed by atoms with Crippen molar-refractivity contribution in [2.24, 2.45) is 0 Å². The molecule has 0 radical (unpaired) electrons. The molecule has 1 atom stereocenters. The zero-order chi connectivity index (χ0) is 11.2. The van der Waals surface area contributed by atoms with Crippen molar-refractivity contribution in [2.45, 2.75) is 57.0 Å². The second kappa shape index (κ2) is 6.73. The molecule has 14 heavy (non-hydrogen) atoms. The van der Waals surface area contributed by atoms with Crippen LogP contribution in [0.5, 0.6) is 0 Å². The van der Waals surface area contributed by atoms with E-state index in [0.717, 1.165) is 5.25 Å². The minimum Gasteiger partial charge on any atom is -0.309 e. The Morgan fingerprint density at radius 3 is 2.29 bits per heavy atom. The van der Waals surface area contributed by atoms with Crippen LogP contribution in [0.1, 0.15) is 47.0 Å². The molecule has 0 spiro atoms. The first kappa shape index (κ1) is 14.3. The molecule has 0 aromatic heterocycles. The van der Waals surface area contributed by atoms with Crippen LogP contribution in [0, 0.1) is 0 Å². The molecule has 0 aromatic rings. The SMILES string of the molecule is CCC(C)SC(C)(C)CCCN(C)C. The Balaban J connectivity index is 3.71. The van der Waals surface area contributed by atoms with Gasteiger partial charge in [-0.25, -0.2) is 0 Å². The van der Waals surface area contributed by atoms with Crippen LogP contribution in [0.3, 0.4) is 0 Å². The first-order valence-corrected chi connectivity index (χ1v) is 6.58. The highest BCUT2D eigenvalue weighted by atomic mass is 32.2. The van der Waals surface area contributed by atoms with E-state index in [0.29, 0.717) is 4.75 Å². The molecule has 0 amide bonds. The molecule has 0 saturated carbocycles. The van der Waals surface area contributed by atoms with Crippen molar-refractivity contribution in [1.29, 1.82) is 0 Å². The first-order chi connectivity index (χ1) is 6.37. The third kappa shape index (κ3) is 7.69. The van der Waals surface area contributed by atoms with Gasteiger partial charge in [-0.05, 0) is 39.9 Å². The third-order valence-corrected chi connectivity index (χ3v) is 4.06. The summed E-state index contributed by atoms with van der Waals surface area (Å²) in [6, 6.07) is 0. The number of rotatable bonds is 7. The second-order valence-corrected chi connectivity index (χ2v) is 7.15. The van der Waals surface area contributed by atoms with E-state index in [9.17, 15) is 0 Å². The van der Waals surface area contributed by atoms with Crippen LogP contribution in [0.25, 0.3) is 0 Å². The van der Waals surface area contributed by atoms with Gasteiger partial charge in [0.05, 0.1) is 0 Å². The van der Waals surface area contributed by atoms with E-state index in [-0.39, 0.29) is 0 Å². The van der Waals surface area contributed by atoms with Gasteiger partial charge in [0.15, 0.2) is 0 Å². The lowest BCUT2D eigenvalue weighted by atomic mass is 10.1. The summed E-state index contributed by atoms with van der Waals surface area (Å²) in [5, 5.41) is 0.796. The maximum absolute atomic E-state index is 2.37. The van der Waals surface area contributed by atoms with Crippen molar-refractivity contribution >= 4 is 11.8 Å². The van der Waals surface area contributed by atoms with E-state index in [1.807, 2.05) is 0 Å². The minimum absolute atomic E-state index is 0.450. The first-order valence-electron chi connectivity index (χ1n) is 5.70. The predicted molar refractivity (Wildman–Crippen MR) is 69.2 cm³/mol. The minimum atomic E-state index is 0.450. The van der Waals surface area contributed by atoms with Crippen LogP contribution in [-0.2, 0) is 0 Å². The smallest absolute Gasteiger partial charge is 0.0106 e. The van der Waals surface area contributed by atoms with E-state index in [4.69, 9.17) is 0 Å². The predicted octanol–water partition coefficient (Wildman–Crippen LogP) is 3.64. The summed E-state index contributed by atoms with van der Waals surface area (Å²) in [6.45, 7) is 10.6. The average Bonchev–Trinajstić information content (AvgIpc) is 2.02. The summed E-state index contributed by atoms with van der Waals surface area (Å²) in [5.41, 5.74) is 0. The largest absolute Gasteiger partial charge is 0.309 e. The Hall–Kier alpha value is 0.310. The quantitative estimate of drug-likeness (QED) is 0.640. The van der Waals surface area contributed by atoms with Crippen molar-refractivity contribution in [1.82, 2.24) is 4.90 Å². The highest BCUT2D eigenvalue weighted by molar-refractivity contribution is 8.01. The van der Waals surface area contributed by atoms with Gasteiger partial charge in [0.2, 0.25) is 0 Å². The molecule has 1 unspecified atom stereocenters. The number of hydrogen-bond donors (Lipinski definition) is 0. The highest BCUT2D eigenvalue weighted by Crippen LogP contribution is 2.33. The molecule has 0 aliphatic rings. The Morgan fingerprint density at radius 1 is 1.29 bits per heavy atom. The zero-order valence-electron chi connectivity index (χ0n) is 10.8. The summed E-state index contributed by atoms with van der Waals surface area (Å²) >= 11 is 2.14. The van der Waals surface area contributed by atoms with E-state index in [2.05, 4.69) is 58.5 Å². The molecule has 86 valence electrons. The molecule has 2 heteroatoms. The average molecular weight is 217 g/mol. The van der Waals surface area contributed by atoms with Crippen molar-refractivity contribution in [2.75, 3.05) is 20.6 Å². The molecular formula is C12H27NS. The van der Waals surface area contributed by atoms with Gasteiger partial charge in [-0.3, -0.25) is 0 Å². The van der Waals surface area contributed by atoms with Crippen molar-refractivity contribution in [3.8, 4) is 0 Å². The van der Waals surface area contributed by atoms with Crippen LogP contribution >= 0.6 is 11.8 Å². The Bertz CT molecular complexity index is 143. The summed E-state index contributed by atoms with van der Waals surface area (Å²) in [7, 11) is 4.30. The van der Waals surface area contributed by atoms with Crippen molar-refractivity contribution < 1.29 is 0 Å². The lowest BCUT2D eigenvalue weighted by molar-refractivity contribution is 0.384. The fourth-order valence-corrected chi connectivity index (χ4v) is 3.03. The van der Waals surface area contributed by atoms with E-state index >= 15 is 0 Å². The summed E-state index contributed by atoms with van der Waals surface area (Å²) in [5.74, 6) is 0. The molecule has 0 saturated heterocycles. The van der Waals surface area contributed by atoms with Crippen LogP contribution in [0.15, 0.2) is 0 Å². The molecule has 0 aliphatic carbocycles. The van der Waals surface area contributed by atoms with Gasteiger partial charge in [-0.15, -0.1) is 0 Å².